The third-order valence-corrected chi connectivity index (χ3v) is 7.13. The highest BCUT2D eigenvalue weighted by atomic mass is 32.2. The SMILES string of the molecule is CC(C)S(=O)(=O)c1ccc(CC(=O)Nc2ccc(Oc3ccc(-n4cccn4)nn3)cc2)cc1. The fourth-order valence-electron chi connectivity index (χ4n) is 3.08. The Bertz CT molecular complexity index is 1350. The van der Waals surface area contributed by atoms with Gasteiger partial charge in [0.15, 0.2) is 15.7 Å². The first kappa shape index (κ1) is 23.1. The number of aromatic nitrogens is 4. The standard InChI is InChI=1S/C24H23N5O4S/c1-17(2)34(31,32)21-10-4-18(5-11-21)16-23(30)26-19-6-8-20(9-7-19)33-24-13-12-22(27-28-24)29-15-3-14-25-29/h3-15,17H,16H2,1-2H3,(H,26,30). The molecule has 0 fully saturated rings. The van der Waals surface area contributed by atoms with Crippen molar-refractivity contribution in [2.24, 2.45) is 0 Å². The molecule has 0 unspecified atom stereocenters. The maximum Gasteiger partial charge on any atom is 0.238 e. The largest absolute Gasteiger partial charge is 0.438 e. The Morgan fingerprint density at radius 2 is 1.74 bits per heavy atom. The fourth-order valence-corrected chi connectivity index (χ4v) is 4.14. The van der Waals surface area contributed by atoms with Crippen LogP contribution in [0.1, 0.15) is 19.4 Å². The molecule has 2 heterocycles. The van der Waals surface area contributed by atoms with Gasteiger partial charge in [-0.25, -0.2) is 13.1 Å². The molecule has 2 aromatic carbocycles. The van der Waals surface area contributed by atoms with Crippen LogP contribution in [-0.4, -0.2) is 39.6 Å². The van der Waals surface area contributed by atoms with Gasteiger partial charge in [-0.05, 0) is 67.9 Å². The molecule has 10 heteroatoms. The second-order valence-electron chi connectivity index (χ2n) is 7.77. The number of ether oxygens (including phenoxy) is 1. The van der Waals surface area contributed by atoms with Gasteiger partial charge >= 0.3 is 0 Å². The van der Waals surface area contributed by atoms with Crippen LogP contribution in [0.2, 0.25) is 0 Å². The quantitative estimate of drug-likeness (QED) is 0.410. The zero-order chi connectivity index (χ0) is 24.1. The number of anilines is 1. The second-order valence-corrected chi connectivity index (χ2v) is 10.3. The topological polar surface area (TPSA) is 116 Å². The molecule has 1 N–H and O–H groups in total. The number of nitrogens with zero attached hydrogens (tertiary/aromatic N) is 4. The maximum atomic E-state index is 12.4. The van der Waals surface area contributed by atoms with Crippen LogP contribution in [0, 0.1) is 0 Å². The summed E-state index contributed by atoms with van der Waals surface area (Å²) < 4.78 is 31.7. The molecule has 0 aliphatic rings. The molecular formula is C24H23N5O4S. The molecule has 0 aliphatic carbocycles. The molecule has 9 nitrogen and oxygen atoms in total. The van der Waals surface area contributed by atoms with Gasteiger partial charge < -0.3 is 10.1 Å². The predicted molar refractivity (Wildman–Crippen MR) is 127 cm³/mol. The highest BCUT2D eigenvalue weighted by Gasteiger charge is 2.18. The molecule has 1 amide bonds. The van der Waals surface area contributed by atoms with Crippen molar-refractivity contribution in [1.82, 2.24) is 20.0 Å². The lowest BCUT2D eigenvalue weighted by molar-refractivity contribution is -0.115. The summed E-state index contributed by atoms with van der Waals surface area (Å²) in [4.78, 5) is 12.6. The molecular weight excluding hydrogens is 454 g/mol. The first-order valence-corrected chi connectivity index (χ1v) is 12.1. The lowest BCUT2D eigenvalue weighted by Crippen LogP contribution is -2.15. The molecule has 174 valence electrons. The van der Waals surface area contributed by atoms with Gasteiger partial charge in [-0.15, -0.1) is 10.2 Å². The van der Waals surface area contributed by atoms with E-state index in [1.165, 1.54) is 12.1 Å². The van der Waals surface area contributed by atoms with Crippen molar-refractivity contribution in [3.63, 3.8) is 0 Å². The van der Waals surface area contributed by atoms with E-state index in [9.17, 15) is 13.2 Å². The molecule has 4 aromatic rings. The molecule has 0 aliphatic heterocycles. The molecule has 0 saturated heterocycles. The summed E-state index contributed by atoms with van der Waals surface area (Å²) in [5.74, 6) is 1.23. The van der Waals surface area contributed by atoms with Crippen LogP contribution in [0.25, 0.3) is 5.82 Å². The van der Waals surface area contributed by atoms with Crippen LogP contribution in [-0.2, 0) is 21.1 Å². The van der Waals surface area contributed by atoms with Crippen LogP contribution in [0.4, 0.5) is 5.69 Å². The zero-order valence-corrected chi connectivity index (χ0v) is 19.4. The van der Waals surface area contributed by atoms with Crippen molar-refractivity contribution in [3.05, 3.63) is 84.7 Å². The third-order valence-electron chi connectivity index (χ3n) is 4.96. The minimum absolute atomic E-state index is 0.123. The molecule has 0 spiro atoms. The van der Waals surface area contributed by atoms with E-state index in [4.69, 9.17) is 4.74 Å². The van der Waals surface area contributed by atoms with Crippen molar-refractivity contribution in [2.75, 3.05) is 5.32 Å². The van der Waals surface area contributed by atoms with Crippen molar-refractivity contribution in [3.8, 4) is 17.4 Å². The van der Waals surface area contributed by atoms with E-state index in [1.807, 2.05) is 0 Å². The molecule has 0 saturated carbocycles. The van der Waals surface area contributed by atoms with Crippen molar-refractivity contribution >= 4 is 21.4 Å². The number of nitrogens with one attached hydrogen (secondary N) is 1. The van der Waals surface area contributed by atoms with E-state index in [0.29, 0.717) is 23.1 Å². The predicted octanol–water partition coefficient (Wildman–Crippen LogP) is 3.82. The Morgan fingerprint density at radius 3 is 2.32 bits per heavy atom. The monoisotopic (exact) mass is 477 g/mol. The summed E-state index contributed by atoms with van der Waals surface area (Å²) in [7, 11) is -3.33. The van der Waals surface area contributed by atoms with E-state index >= 15 is 0 Å². The van der Waals surface area contributed by atoms with E-state index in [2.05, 4.69) is 20.6 Å². The Balaban J connectivity index is 1.32. The van der Waals surface area contributed by atoms with Gasteiger partial charge in [0.2, 0.25) is 11.8 Å². The van der Waals surface area contributed by atoms with Gasteiger partial charge in [0.25, 0.3) is 0 Å². The van der Waals surface area contributed by atoms with Gasteiger partial charge in [0.1, 0.15) is 5.75 Å². The highest BCUT2D eigenvalue weighted by molar-refractivity contribution is 7.92. The average Bonchev–Trinajstić information content (AvgIpc) is 3.36. The van der Waals surface area contributed by atoms with Crippen LogP contribution in [0.15, 0.2) is 84.0 Å². The summed E-state index contributed by atoms with van der Waals surface area (Å²) in [5, 5.41) is 14.5. The smallest absolute Gasteiger partial charge is 0.238 e. The van der Waals surface area contributed by atoms with E-state index in [0.717, 1.165) is 5.56 Å². The van der Waals surface area contributed by atoms with Crippen LogP contribution >= 0.6 is 0 Å². The number of carbonyl (C=O) groups is 1. The average molecular weight is 478 g/mol. The van der Waals surface area contributed by atoms with Crippen LogP contribution in [0.3, 0.4) is 0 Å². The van der Waals surface area contributed by atoms with E-state index in [1.54, 1.807) is 85.5 Å². The first-order chi connectivity index (χ1) is 16.3. The molecule has 34 heavy (non-hydrogen) atoms. The van der Waals surface area contributed by atoms with Gasteiger partial charge in [0.05, 0.1) is 16.6 Å². The number of hydrogen-bond donors (Lipinski definition) is 1. The minimum Gasteiger partial charge on any atom is -0.438 e. The summed E-state index contributed by atoms with van der Waals surface area (Å²) in [6, 6.07) is 18.5. The zero-order valence-electron chi connectivity index (χ0n) is 18.6. The lowest BCUT2D eigenvalue weighted by atomic mass is 10.1. The number of amides is 1. The lowest BCUT2D eigenvalue weighted by Gasteiger charge is -2.09. The third kappa shape index (κ3) is 5.46. The van der Waals surface area contributed by atoms with E-state index < -0.39 is 15.1 Å². The Morgan fingerprint density at radius 1 is 1.00 bits per heavy atom. The molecule has 0 bridgehead atoms. The van der Waals surface area contributed by atoms with Gasteiger partial charge in [-0.3, -0.25) is 4.79 Å². The highest BCUT2D eigenvalue weighted by Crippen LogP contribution is 2.22. The molecule has 0 atom stereocenters. The van der Waals surface area contributed by atoms with E-state index in [-0.39, 0.29) is 17.2 Å². The van der Waals surface area contributed by atoms with Gasteiger partial charge in [0, 0.05) is 24.1 Å². The fraction of sp³-hybridized carbons (Fsp3) is 0.167. The number of hydrogen-bond acceptors (Lipinski definition) is 7. The van der Waals surface area contributed by atoms with Gasteiger partial charge in [-0.2, -0.15) is 5.10 Å². The molecule has 4 rings (SSSR count). The van der Waals surface area contributed by atoms with Crippen LogP contribution in [0.5, 0.6) is 11.6 Å². The maximum absolute atomic E-state index is 12.4. The molecule has 2 aromatic heterocycles. The summed E-state index contributed by atoms with van der Waals surface area (Å²) in [6.07, 6.45) is 3.55. The van der Waals surface area contributed by atoms with Crippen molar-refractivity contribution in [2.45, 2.75) is 30.4 Å². The summed E-state index contributed by atoms with van der Waals surface area (Å²) >= 11 is 0. The number of benzene rings is 2. The first-order valence-electron chi connectivity index (χ1n) is 10.6. The Labute approximate surface area is 197 Å². The Kier molecular flexibility index (Phi) is 6.69. The molecule has 0 radical (unpaired) electrons. The van der Waals surface area contributed by atoms with Crippen molar-refractivity contribution < 1.29 is 17.9 Å². The number of rotatable bonds is 8. The minimum atomic E-state index is -3.33. The normalized spacial score (nSPS) is 11.4. The summed E-state index contributed by atoms with van der Waals surface area (Å²) in [5.41, 5.74) is 1.33. The number of sulfone groups is 1. The van der Waals surface area contributed by atoms with Crippen molar-refractivity contribution in [1.29, 1.82) is 0 Å². The van der Waals surface area contributed by atoms with Crippen LogP contribution < -0.4 is 10.1 Å². The number of carbonyl (C=O) groups excluding carboxylic acids is 1. The Hall–Kier alpha value is -4.05. The summed E-state index contributed by atoms with van der Waals surface area (Å²) in [6.45, 7) is 3.28. The van der Waals surface area contributed by atoms with Gasteiger partial charge in [-0.1, -0.05) is 12.1 Å². The second kappa shape index (κ2) is 9.84.